The van der Waals surface area contributed by atoms with Crippen molar-refractivity contribution >= 4 is 17.7 Å². The number of carbonyl (C=O) groups excluding carboxylic acids is 1. The Morgan fingerprint density at radius 3 is 2.27 bits per heavy atom. The Balaban J connectivity index is 2.82. The van der Waals surface area contributed by atoms with Crippen LogP contribution in [0.25, 0.3) is 0 Å². The van der Waals surface area contributed by atoms with Gasteiger partial charge < -0.3 is 10.6 Å². The fraction of sp³-hybridized carbons (Fsp3) is 0.364. The third kappa shape index (κ3) is 2.97. The van der Waals surface area contributed by atoms with Gasteiger partial charge in [-0.25, -0.2) is 0 Å². The molecule has 1 aromatic rings. The molecule has 0 bridgehead atoms. The highest BCUT2D eigenvalue weighted by Gasteiger charge is 2.16. The average Bonchev–Trinajstić information content (AvgIpc) is 2.27. The van der Waals surface area contributed by atoms with Crippen LogP contribution < -0.4 is 5.73 Å². The maximum Gasteiger partial charge on any atom is 0.243 e. The van der Waals surface area contributed by atoms with Gasteiger partial charge in [-0.15, -0.1) is 11.8 Å². The number of carbonyl (C=O) groups is 1. The van der Waals surface area contributed by atoms with E-state index in [0.717, 1.165) is 5.56 Å². The monoisotopic (exact) mass is 224 g/mol. The molecule has 0 spiro atoms. The number of nitrogens with two attached hydrogens (primary N) is 1. The summed E-state index contributed by atoms with van der Waals surface area (Å²) in [5.41, 5.74) is 6.69. The van der Waals surface area contributed by atoms with Gasteiger partial charge in [0, 0.05) is 19.0 Å². The summed E-state index contributed by atoms with van der Waals surface area (Å²) in [6, 6.07) is 7.19. The molecule has 1 aromatic carbocycles. The molecule has 1 amide bonds. The number of benzene rings is 1. The third-order valence-electron chi connectivity index (χ3n) is 2.18. The zero-order valence-electron chi connectivity index (χ0n) is 9.23. The van der Waals surface area contributed by atoms with E-state index in [1.54, 1.807) is 25.9 Å². The summed E-state index contributed by atoms with van der Waals surface area (Å²) in [4.78, 5) is 14.3. The summed E-state index contributed by atoms with van der Waals surface area (Å²) in [7, 11) is 3.41. The standard InChI is InChI=1S/C11H16N2OS/c1-13(2)11(14)10(12)8-4-6-9(15-3)7-5-8/h4-7,10H,12H2,1-3H3. The van der Waals surface area contributed by atoms with Crippen molar-refractivity contribution in [1.82, 2.24) is 4.90 Å². The van der Waals surface area contributed by atoms with E-state index in [9.17, 15) is 4.79 Å². The average molecular weight is 224 g/mol. The quantitative estimate of drug-likeness (QED) is 0.791. The second kappa shape index (κ2) is 5.19. The van der Waals surface area contributed by atoms with E-state index >= 15 is 0 Å². The molecular formula is C11H16N2OS. The van der Waals surface area contributed by atoms with E-state index < -0.39 is 6.04 Å². The number of thioether (sulfide) groups is 1. The molecule has 0 saturated heterocycles. The van der Waals surface area contributed by atoms with Crippen LogP contribution in [0.15, 0.2) is 29.2 Å². The molecule has 0 radical (unpaired) electrons. The molecule has 82 valence electrons. The van der Waals surface area contributed by atoms with Crippen molar-refractivity contribution in [2.45, 2.75) is 10.9 Å². The van der Waals surface area contributed by atoms with Crippen LogP contribution in [0.3, 0.4) is 0 Å². The minimum absolute atomic E-state index is 0.0769. The normalized spacial score (nSPS) is 12.3. The maximum absolute atomic E-state index is 11.6. The molecule has 1 rings (SSSR count). The van der Waals surface area contributed by atoms with E-state index in [1.807, 2.05) is 30.5 Å². The van der Waals surface area contributed by atoms with Gasteiger partial charge in [0.2, 0.25) is 5.91 Å². The van der Waals surface area contributed by atoms with Gasteiger partial charge in [-0.05, 0) is 24.0 Å². The summed E-state index contributed by atoms with van der Waals surface area (Å²) in [5.74, 6) is -0.0769. The number of hydrogen-bond acceptors (Lipinski definition) is 3. The molecule has 15 heavy (non-hydrogen) atoms. The minimum atomic E-state index is -0.559. The van der Waals surface area contributed by atoms with E-state index in [-0.39, 0.29) is 5.91 Å². The molecule has 0 fully saturated rings. The molecule has 1 atom stereocenters. The maximum atomic E-state index is 11.6. The Hall–Kier alpha value is -1.00. The first-order valence-corrected chi connectivity index (χ1v) is 5.89. The van der Waals surface area contributed by atoms with Gasteiger partial charge >= 0.3 is 0 Å². The molecule has 0 aliphatic heterocycles. The minimum Gasteiger partial charge on any atom is -0.347 e. The van der Waals surface area contributed by atoms with Gasteiger partial charge in [0.25, 0.3) is 0 Å². The highest BCUT2D eigenvalue weighted by atomic mass is 32.2. The van der Waals surface area contributed by atoms with Crippen molar-refractivity contribution in [3.8, 4) is 0 Å². The second-order valence-corrected chi connectivity index (χ2v) is 4.36. The van der Waals surface area contributed by atoms with Gasteiger partial charge in [0.15, 0.2) is 0 Å². The van der Waals surface area contributed by atoms with Crippen LogP contribution in [-0.2, 0) is 4.79 Å². The first-order valence-electron chi connectivity index (χ1n) is 4.67. The Bertz CT molecular complexity index is 335. The number of hydrogen-bond donors (Lipinski definition) is 1. The van der Waals surface area contributed by atoms with Crippen molar-refractivity contribution < 1.29 is 4.79 Å². The van der Waals surface area contributed by atoms with Gasteiger partial charge in [-0.2, -0.15) is 0 Å². The lowest BCUT2D eigenvalue weighted by Crippen LogP contribution is -2.33. The van der Waals surface area contributed by atoms with Crippen LogP contribution in [-0.4, -0.2) is 31.2 Å². The van der Waals surface area contributed by atoms with Crippen molar-refractivity contribution in [1.29, 1.82) is 0 Å². The first kappa shape index (κ1) is 12.1. The Morgan fingerprint density at radius 2 is 1.87 bits per heavy atom. The van der Waals surface area contributed by atoms with E-state index in [2.05, 4.69) is 0 Å². The van der Waals surface area contributed by atoms with Gasteiger partial charge in [-0.1, -0.05) is 12.1 Å². The molecule has 0 aromatic heterocycles. The predicted octanol–water partition coefficient (Wildman–Crippen LogP) is 1.50. The molecule has 0 aliphatic rings. The van der Waals surface area contributed by atoms with Crippen molar-refractivity contribution in [3.63, 3.8) is 0 Å². The largest absolute Gasteiger partial charge is 0.347 e. The summed E-state index contributed by atoms with van der Waals surface area (Å²) in [6.45, 7) is 0. The van der Waals surface area contributed by atoms with E-state index in [0.29, 0.717) is 0 Å². The summed E-state index contributed by atoms with van der Waals surface area (Å²) in [5, 5.41) is 0. The zero-order chi connectivity index (χ0) is 11.4. The van der Waals surface area contributed by atoms with Crippen LogP contribution in [0.2, 0.25) is 0 Å². The van der Waals surface area contributed by atoms with Gasteiger partial charge in [-0.3, -0.25) is 4.79 Å². The number of likely N-dealkylation sites (N-methyl/N-ethyl adjacent to an activating group) is 1. The summed E-state index contributed by atoms with van der Waals surface area (Å²) < 4.78 is 0. The molecule has 0 heterocycles. The molecule has 0 saturated carbocycles. The smallest absolute Gasteiger partial charge is 0.243 e. The van der Waals surface area contributed by atoms with Crippen molar-refractivity contribution in [2.24, 2.45) is 5.73 Å². The zero-order valence-corrected chi connectivity index (χ0v) is 10.0. The molecule has 0 aliphatic carbocycles. The Kier molecular flexibility index (Phi) is 4.17. The van der Waals surface area contributed by atoms with Crippen LogP contribution in [0.5, 0.6) is 0 Å². The van der Waals surface area contributed by atoms with Crippen molar-refractivity contribution in [3.05, 3.63) is 29.8 Å². The lowest BCUT2D eigenvalue weighted by atomic mass is 10.1. The third-order valence-corrected chi connectivity index (χ3v) is 2.93. The number of rotatable bonds is 3. The number of nitrogens with zero attached hydrogens (tertiary/aromatic N) is 1. The first-order chi connectivity index (χ1) is 7.06. The molecule has 2 N–H and O–H groups in total. The summed E-state index contributed by atoms with van der Waals surface area (Å²) >= 11 is 1.67. The van der Waals surface area contributed by atoms with Crippen LogP contribution in [0.4, 0.5) is 0 Å². The highest BCUT2D eigenvalue weighted by Crippen LogP contribution is 2.18. The van der Waals surface area contributed by atoms with Gasteiger partial charge in [0.1, 0.15) is 6.04 Å². The fourth-order valence-electron chi connectivity index (χ4n) is 1.23. The van der Waals surface area contributed by atoms with Crippen LogP contribution in [0, 0.1) is 0 Å². The van der Waals surface area contributed by atoms with E-state index in [1.165, 1.54) is 9.80 Å². The fourth-order valence-corrected chi connectivity index (χ4v) is 1.64. The van der Waals surface area contributed by atoms with E-state index in [4.69, 9.17) is 5.73 Å². The number of amides is 1. The Labute approximate surface area is 94.6 Å². The summed E-state index contributed by atoms with van der Waals surface area (Å²) in [6.07, 6.45) is 2.01. The molecule has 1 unspecified atom stereocenters. The lowest BCUT2D eigenvalue weighted by Gasteiger charge is -2.17. The second-order valence-electron chi connectivity index (χ2n) is 3.48. The SMILES string of the molecule is CSc1ccc(C(N)C(=O)N(C)C)cc1. The predicted molar refractivity (Wildman–Crippen MR) is 63.8 cm³/mol. The Morgan fingerprint density at radius 1 is 1.33 bits per heavy atom. The van der Waals surface area contributed by atoms with Crippen molar-refractivity contribution in [2.75, 3.05) is 20.4 Å². The molecular weight excluding hydrogens is 208 g/mol. The molecule has 3 nitrogen and oxygen atoms in total. The van der Waals surface area contributed by atoms with Crippen LogP contribution in [0.1, 0.15) is 11.6 Å². The highest BCUT2D eigenvalue weighted by molar-refractivity contribution is 7.98. The lowest BCUT2D eigenvalue weighted by molar-refractivity contribution is -0.130. The molecule has 4 heteroatoms. The van der Waals surface area contributed by atoms with Gasteiger partial charge in [0.05, 0.1) is 0 Å². The van der Waals surface area contributed by atoms with Crippen LogP contribution >= 0.6 is 11.8 Å². The topological polar surface area (TPSA) is 46.3 Å².